The van der Waals surface area contributed by atoms with Gasteiger partial charge in [-0.15, -0.1) is 0 Å². The molecule has 1 aromatic heterocycles. The zero-order valence-electron chi connectivity index (χ0n) is 20.5. The number of urea groups is 1. The van der Waals surface area contributed by atoms with Gasteiger partial charge in [0.05, 0.1) is 6.04 Å². The Bertz CT molecular complexity index is 1250. The molecule has 10 nitrogen and oxygen atoms in total. The summed E-state index contributed by atoms with van der Waals surface area (Å²) in [4.78, 5) is 58.6. The first-order chi connectivity index (χ1) is 17.2. The number of carbonyl (C=O) groups excluding carboxylic acids is 4. The van der Waals surface area contributed by atoms with Crippen LogP contribution in [0.4, 0.5) is 15.3 Å². The van der Waals surface area contributed by atoms with Crippen LogP contribution in [0.3, 0.4) is 0 Å². The number of anilines is 1. The predicted molar refractivity (Wildman–Crippen MR) is 130 cm³/mol. The van der Waals surface area contributed by atoms with Crippen molar-refractivity contribution in [1.82, 2.24) is 20.1 Å². The van der Waals surface area contributed by atoms with Crippen LogP contribution in [0.2, 0.25) is 0 Å². The molecule has 36 heavy (non-hydrogen) atoms. The third-order valence-corrected chi connectivity index (χ3v) is 7.41. The van der Waals surface area contributed by atoms with Crippen LogP contribution in [0.15, 0.2) is 36.5 Å². The Kier molecular flexibility index (Phi) is 5.89. The molecule has 1 aromatic carbocycles. The van der Waals surface area contributed by atoms with Crippen molar-refractivity contribution in [1.29, 1.82) is 0 Å². The maximum absolute atomic E-state index is 13.6. The van der Waals surface area contributed by atoms with E-state index in [1.54, 1.807) is 29.3 Å². The van der Waals surface area contributed by atoms with Crippen LogP contribution in [0.1, 0.15) is 54.6 Å². The maximum Gasteiger partial charge on any atom is 0.418 e. The van der Waals surface area contributed by atoms with Crippen molar-refractivity contribution in [3.8, 4) is 0 Å². The highest BCUT2D eigenvalue weighted by atomic mass is 16.6. The zero-order chi connectivity index (χ0) is 25.6. The summed E-state index contributed by atoms with van der Waals surface area (Å²) in [5.41, 5.74) is 2.39. The second kappa shape index (κ2) is 8.92. The first kappa shape index (κ1) is 23.8. The summed E-state index contributed by atoms with van der Waals surface area (Å²) in [5, 5.41) is 5.19. The summed E-state index contributed by atoms with van der Waals surface area (Å²) in [5.74, 6) is -0.816. The largest absolute Gasteiger partial charge is 0.427 e. The van der Waals surface area contributed by atoms with Crippen LogP contribution in [0.5, 0.6) is 0 Å². The van der Waals surface area contributed by atoms with Crippen molar-refractivity contribution in [2.75, 3.05) is 18.9 Å². The average molecular weight is 492 g/mol. The molecule has 2 aliphatic heterocycles. The van der Waals surface area contributed by atoms with Crippen LogP contribution < -0.4 is 10.6 Å². The van der Waals surface area contributed by atoms with E-state index in [-0.39, 0.29) is 30.6 Å². The SMILES string of the molecule is CNC(=O)Nc1ccc2c(c1)CCC21OC(=O)N(CC(=O)N2[C@H](C)CC[C@H]2c2ccc(C)nc2)C1=O. The van der Waals surface area contributed by atoms with Crippen molar-refractivity contribution >= 4 is 29.6 Å². The van der Waals surface area contributed by atoms with Gasteiger partial charge in [0, 0.05) is 42.7 Å². The summed E-state index contributed by atoms with van der Waals surface area (Å²) in [6.45, 7) is 3.51. The molecule has 2 N–H and O–H groups in total. The Labute approximate surface area is 209 Å². The molecule has 0 saturated carbocycles. The molecule has 2 saturated heterocycles. The molecule has 3 aliphatic rings. The standard InChI is InChI=1S/C26H29N5O5/c1-15-4-6-18(13-28-15)21-9-5-16(2)31(21)22(32)14-30-23(33)26(36-25(30)35)11-10-17-12-19(7-8-20(17)26)29-24(34)27-3/h4,6-8,12-13,16,21H,5,9-11,14H2,1-3H3,(H2,27,29,34)/t16-,21+,26?/m1/s1. The third kappa shape index (κ3) is 3.86. The van der Waals surface area contributed by atoms with E-state index in [0.29, 0.717) is 24.1 Å². The predicted octanol–water partition coefficient (Wildman–Crippen LogP) is 3.01. The molecule has 10 heteroatoms. The van der Waals surface area contributed by atoms with Crippen LogP contribution >= 0.6 is 0 Å². The number of nitrogens with one attached hydrogen (secondary N) is 2. The second-order valence-electron chi connectivity index (χ2n) is 9.64. The summed E-state index contributed by atoms with van der Waals surface area (Å²) in [7, 11) is 1.52. The van der Waals surface area contributed by atoms with Crippen molar-refractivity contribution in [3.63, 3.8) is 0 Å². The summed E-state index contributed by atoms with van der Waals surface area (Å²) in [6, 6.07) is 8.51. The average Bonchev–Trinajstić information content (AvgIpc) is 3.49. The number of likely N-dealkylation sites (tertiary alicyclic amines) is 1. The Morgan fingerprint density at radius 1 is 1.19 bits per heavy atom. The lowest BCUT2D eigenvalue weighted by molar-refractivity contribution is -0.143. The van der Waals surface area contributed by atoms with E-state index in [1.165, 1.54) is 7.05 Å². The van der Waals surface area contributed by atoms with Crippen molar-refractivity contribution in [3.05, 3.63) is 58.9 Å². The second-order valence-corrected chi connectivity index (χ2v) is 9.64. The first-order valence-corrected chi connectivity index (χ1v) is 12.1. The molecule has 5 amide bonds. The fourth-order valence-corrected chi connectivity index (χ4v) is 5.55. The molecule has 3 atom stereocenters. The van der Waals surface area contributed by atoms with Gasteiger partial charge in [-0.2, -0.15) is 0 Å². The number of benzene rings is 1. The number of nitrogens with zero attached hydrogens (tertiary/aromatic N) is 3. The Morgan fingerprint density at radius 2 is 2.00 bits per heavy atom. The van der Waals surface area contributed by atoms with Gasteiger partial charge >= 0.3 is 12.1 Å². The van der Waals surface area contributed by atoms with E-state index in [2.05, 4.69) is 15.6 Å². The van der Waals surface area contributed by atoms with Gasteiger partial charge in [-0.3, -0.25) is 14.6 Å². The number of ether oxygens (including phenoxy) is 1. The van der Waals surface area contributed by atoms with Crippen molar-refractivity contribution in [2.24, 2.45) is 0 Å². The van der Waals surface area contributed by atoms with Crippen molar-refractivity contribution < 1.29 is 23.9 Å². The van der Waals surface area contributed by atoms with Gasteiger partial charge in [0.2, 0.25) is 11.5 Å². The number of fused-ring (bicyclic) bond motifs is 2. The molecule has 1 spiro atoms. The number of aromatic nitrogens is 1. The number of carbonyl (C=O) groups is 4. The summed E-state index contributed by atoms with van der Waals surface area (Å²) >= 11 is 0. The smallest absolute Gasteiger partial charge is 0.418 e. The zero-order valence-corrected chi connectivity index (χ0v) is 20.5. The number of pyridine rings is 1. The topological polar surface area (TPSA) is 121 Å². The van der Waals surface area contributed by atoms with E-state index in [9.17, 15) is 19.2 Å². The van der Waals surface area contributed by atoms with Gasteiger partial charge in [-0.1, -0.05) is 12.1 Å². The molecule has 0 radical (unpaired) electrons. The lowest BCUT2D eigenvalue weighted by Crippen LogP contribution is -2.46. The van der Waals surface area contributed by atoms with E-state index < -0.39 is 17.6 Å². The molecular weight excluding hydrogens is 462 g/mol. The van der Waals surface area contributed by atoms with Gasteiger partial charge in [0.1, 0.15) is 6.54 Å². The van der Waals surface area contributed by atoms with Crippen LogP contribution in [-0.4, -0.2) is 58.4 Å². The minimum absolute atomic E-state index is 0.0232. The van der Waals surface area contributed by atoms with Gasteiger partial charge in [0.15, 0.2) is 0 Å². The molecule has 1 unspecified atom stereocenters. The number of imide groups is 1. The molecule has 0 bridgehead atoms. The molecule has 3 heterocycles. The maximum atomic E-state index is 13.6. The van der Waals surface area contributed by atoms with Gasteiger partial charge in [-0.25, -0.2) is 14.5 Å². The van der Waals surface area contributed by atoms with E-state index in [0.717, 1.165) is 34.6 Å². The highest BCUT2D eigenvalue weighted by Crippen LogP contribution is 2.46. The monoisotopic (exact) mass is 491 g/mol. The number of hydrogen-bond donors (Lipinski definition) is 2. The summed E-state index contributed by atoms with van der Waals surface area (Å²) in [6.07, 6.45) is 3.38. The van der Waals surface area contributed by atoms with Gasteiger partial charge in [-0.05, 0) is 62.4 Å². The normalized spacial score (nSPS) is 24.8. The lowest BCUT2D eigenvalue weighted by atomic mass is 9.94. The molecule has 1 aliphatic carbocycles. The minimum Gasteiger partial charge on any atom is -0.427 e. The molecule has 2 fully saturated rings. The molecular formula is C26H29N5O5. The molecule has 188 valence electrons. The lowest BCUT2D eigenvalue weighted by Gasteiger charge is -2.30. The molecule has 5 rings (SSSR count). The Morgan fingerprint density at radius 3 is 2.72 bits per heavy atom. The fraction of sp³-hybridized carbons (Fsp3) is 0.423. The van der Waals surface area contributed by atoms with Crippen LogP contribution in [-0.2, 0) is 26.3 Å². The minimum atomic E-state index is -1.44. The summed E-state index contributed by atoms with van der Waals surface area (Å²) < 4.78 is 5.68. The highest BCUT2D eigenvalue weighted by Gasteiger charge is 2.58. The first-order valence-electron chi connectivity index (χ1n) is 12.1. The van der Waals surface area contributed by atoms with E-state index >= 15 is 0 Å². The van der Waals surface area contributed by atoms with Crippen LogP contribution in [0, 0.1) is 6.92 Å². The number of hydrogen-bond acceptors (Lipinski definition) is 6. The number of aryl methyl sites for hydroxylation is 2. The molecule has 2 aromatic rings. The number of rotatable bonds is 4. The quantitative estimate of drug-likeness (QED) is 0.678. The van der Waals surface area contributed by atoms with Gasteiger partial charge < -0.3 is 20.3 Å². The van der Waals surface area contributed by atoms with E-state index in [4.69, 9.17) is 4.74 Å². The Balaban J connectivity index is 1.35. The van der Waals surface area contributed by atoms with E-state index in [1.807, 2.05) is 26.0 Å². The van der Waals surface area contributed by atoms with Gasteiger partial charge in [0.25, 0.3) is 5.91 Å². The van der Waals surface area contributed by atoms with Crippen molar-refractivity contribution in [2.45, 2.75) is 57.2 Å². The fourth-order valence-electron chi connectivity index (χ4n) is 5.55. The highest BCUT2D eigenvalue weighted by molar-refractivity contribution is 6.06. The van der Waals surface area contributed by atoms with Crippen LogP contribution in [0.25, 0.3) is 0 Å². The third-order valence-electron chi connectivity index (χ3n) is 7.41. The number of amides is 5. The Hall–Kier alpha value is -3.95.